The number of benzene rings is 1. The number of aryl methyl sites for hydroxylation is 1. The molecule has 1 amide bonds. The zero-order valence-corrected chi connectivity index (χ0v) is 15.0. The third kappa shape index (κ3) is 5.30. The Bertz CT molecular complexity index is 690. The molecule has 0 unspecified atom stereocenters. The van der Waals surface area contributed by atoms with E-state index in [0.717, 1.165) is 22.3 Å². The minimum atomic E-state index is -0.208. The van der Waals surface area contributed by atoms with Crippen LogP contribution in [0.1, 0.15) is 16.1 Å². The fraction of sp³-hybridized carbons (Fsp3) is 0.312. The summed E-state index contributed by atoms with van der Waals surface area (Å²) in [5, 5.41) is 6.02. The Hall–Kier alpha value is -1.99. The van der Waals surface area contributed by atoms with Crippen LogP contribution < -0.4 is 10.6 Å². The lowest BCUT2D eigenvalue weighted by Gasteiger charge is -2.11. The number of nitrogens with zero attached hydrogens (tertiary/aromatic N) is 3. The van der Waals surface area contributed by atoms with E-state index in [2.05, 4.69) is 36.5 Å². The number of nitrogens with one attached hydrogen (secondary N) is 2. The van der Waals surface area contributed by atoms with Gasteiger partial charge in [-0.1, -0.05) is 6.07 Å². The Balaban J connectivity index is 2.06. The molecule has 1 heterocycles. The maximum Gasteiger partial charge on any atom is 0.270 e. The van der Waals surface area contributed by atoms with E-state index in [1.165, 1.54) is 6.33 Å². The highest BCUT2D eigenvalue weighted by Crippen LogP contribution is 2.26. The number of anilines is 2. The molecular formula is C16H20BrN5O. The Morgan fingerprint density at radius 3 is 2.74 bits per heavy atom. The predicted octanol–water partition coefficient (Wildman–Crippen LogP) is 2.58. The minimum Gasteiger partial charge on any atom is -0.349 e. The molecule has 0 spiro atoms. The van der Waals surface area contributed by atoms with Crippen LogP contribution in [-0.2, 0) is 0 Å². The van der Waals surface area contributed by atoms with Gasteiger partial charge < -0.3 is 15.5 Å². The van der Waals surface area contributed by atoms with Crippen LogP contribution in [0.25, 0.3) is 0 Å². The molecule has 0 radical (unpaired) electrons. The smallest absolute Gasteiger partial charge is 0.270 e. The van der Waals surface area contributed by atoms with E-state index in [0.29, 0.717) is 18.1 Å². The second kappa shape index (κ2) is 8.03. The lowest BCUT2D eigenvalue weighted by Crippen LogP contribution is -2.31. The first-order valence-electron chi connectivity index (χ1n) is 7.24. The number of amides is 1. The van der Waals surface area contributed by atoms with Crippen molar-refractivity contribution in [3.63, 3.8) is 0 Å². The first-order valence-corrected chi connectivity index (χ1v) is 8.03. The van der Waals surface area contributed by atoms with Crippen molar-refractivity contribution in [2.45, 2.75) is 6.92 Å². The Labute approximate surface area is 144 Å². The lowest BCUT2D eigenvalue weighted by molar-refractivity contribution is 0.0946. The second-order valence-electron chi connectivity index (χ2n) is 5.46. The van der Waals surface area contributed by atoms with Gasteiger partial charge in [-0.05, 0) is 54.6 Å². The normalized spacial score (nSPS) is 10.7. The van der Waals surface area contributed by atoms with Crippen molar-refractivity contribution in [2.24, 2.45) is 0 Å². The average molecular weight is 378 g/mol. The molecule has 23 heavy (non-hydrogen) atoms. The van der Waals surface area contributed by atoms with Crippen molar-refractivity contribution >= 4 is 33.3 Å². The van der Waals surface area contributed by atoms with E-state index in [-0.39, 0.29) is 5.91 Å². The van der Waals surface area contributed by atoms with Crippen LogP contribution in [-0.4, -0.2) is 48.0 Å². The number of hydrogen-bond donors (Lipinski definition) is 2. The summed E-state index contributed by atoms with van der Waals surface area (Å²) in [6.45, 7) is 3.37. The van der Waals surface area contributed by atoms with Gasteiger partial charge in [0.15, 0.2) is 0 Å². The highest BCUT2D eigenvalue weighted by Gasteiger charge is 2.09. The van der Waals surface area contributed by atoms with Crippen molar-refractivity contribution in [3.05, 3.63) is 46.3 Å². The molecule has 2 N–H and O–H groups in total. The van der Waals surface area contributed by atoms with Gasteiger partial charge in [-0.25, -0.2) is 9.97 Å². The molecular weight excluding hydrogens is 358 g/mol. The largest absolute Gasteiger partial charge is 0.349 e. The molecule has 7 heteroatoms. The number of carbonyl (C=O) groups excluding carboxylic acids is 1. The third-order valence-electron chi connectivity index (χ3n) is 3.13. The minimum absolute atomic E-state index is 0.208. The zero-order valence-electron chi connectivity index (χ0n) is 13.4. The summed E-state index contributed by atoms with van der Waals surface area (Å²) < 4.78 is 0.938. The summed E-state index contributed by atoms with van der Waals surface area (Å²) in [7, 11) is 3.91. The molecule has 1 aromatic carbocycles. The fourth-order valence-corrected chi connectivity index (χ4v) is 2.49. The molecule has 2 aromatic rings. The molecule has 0 aliphatic heterocycles. The van der Waals surface area contributed by atoms with Crippen molar-refractivity contribution in [2.75, 3.05) is 32.5 Å². The van der Waals surface area contributed by atoms with Gasteiger partial charge in [0.25, 0.3) is 5.91 Å². The summed E-state index contributed by atoms with van der Waals surface area (Å²) >= 11 is 3.51. The molecule has 0 aliphatic carbocycles. The number of carbonyl (C=O) groups is 1. The van der Waals surface area contributed by atoms with Crippen LogP contribution >= 0.6 is 15.9 Å². The summed E-state index contributed by atoms with van der Waals surface area (Å²) in [4.78, 5) is 22.3. The highest BCUT2D eigenvalue weighted by molar-refractivity contribution is 9.10. The Kier molecular flexibility index (Phi) is 6.06. The van der Waals surface area contributed by atoms with Crippen LogP contribution in [0, 0.1) is 6.92 Å². The predicted molar refractivity (Wildman–Crippen MR) is 95.1 cm³/mol. The van der Waals surface area contributed by atoms with Crippen LogP contribution in [0.15, 0.2) is 35.1 Å². The molecule has 0 saturated heterocycles. The lowest BCUT2D eigenvalue weighted by atomic mass is 10.2. The Morgan fingerprint density at radius 1 is 1.26 bits per heavy atom. The maximum atomic E-state index is 12.1. The topological polar surface area (TPSA) is 70.2 Å². The zero-order chi connectivity index (χ0) is 16.8. The molecule has 2 rings (SSSR count). The molecule has 1 aromatic heterocycles. The van der Waals surface area contributed by atoms with E-state index >= 15 is 0 Å². The van der Waals surface area contributed by atoms with Crippen LogP contribution in [0.2, 0.25) is 0 Å². The van der Waals surface area contributed by atoms with Crippen molar-refractivity contribution in [1.29, 1.82) is 0 Å². The first kappa shape index (κ1) is 17.4. The fourth-order valence-electron chi connectivity index (χ4n) is 1.89. The van der Waals surface area contributed by atoms with E-state index in [1.54, 1.807) is 6.07 Å². The van der Waals surface area contributed by atoms with Crippen molar-refractivity contribution in [1.82, 2.24) is 20.2 Å². The molecule has 0 aliphatic rings. The van der Waals surface area contributed by atoms with Crippen LogP contribution in [0.4, 0.5) is 11.5 Å². The summed E-state index contributed by atoms with van der Waals surface area (Å²) in [6.07, 6.45) is 1.38. The van der Waals surface area contributed by atoms with E-state index in [1.807, 2.05) is 44.1 Å². The highest BCUT2D eigenvalue weighted by atomic mass is 79.9. The van der Waals surface area contributed by atoms with Gasteiger partial charge in [0.05, 0.1) is 5.69 Å². The molecule has 6 nitrogen and oxygen atoms in total. The van der Waals surface area contributed by atoms with Crippen LogP contribution in [0.3, 0.4) is 0 Å². The summed E-state index contributed by atoms with van der Waals surface area (Å²) in [5.41, 5.74) is 2.38. The average Bonchev–Trinajstić information content (AvgIpc) is 2.50. The molecule has 122 valence electrons. The van der Waals surface area contributed by atoms with Gasteiger partial charge in [0.1, 0.15) is 17.8 Å². The Morgan fingerprint density at radius 2 is 2.04 bits per heavy atom. The van der Waals surface area contributed by atoms with Crippen molar-refractivity contribution < 1.29 is 4.79 Å². The molecule has 0 atom stereocenters. The van der Waals surface area contributed by atoms with Gasteiger partial charge in [0, 0.05) is 23.6 Å². The quantitative estimate of drug-likeness (QED) is 0.809. The summed E-state index contributed by atoms with van der Waals surface area (Å²) in [5.74, 6) is 0.364. The molecule has 0 fully saturated rings. The van der Waals surface area contributed by atoms with Gasteiger partial charge in [0.2, 0.25) is 0 Å². The third-order valence-corrected chi connectivity index (χ3v) is 3.79. The van der Waals surface area contributed by atoms with Gasteiger partial charge in [-0.15, -0.1) is 0 Å². The SMILES string of the molecule is Cc1ccc(Nc2cc(C(=O)NCCN(C)C)ncn2)c(Br)c1. The number of halogens is 1. The summed E-state index contributed by atoms with van der Waals surface area (Å²) in [6, 6.07) is 7.61. The number of likely N-dealkylation sites (N-methyl/N-ethyl adjacent to an activating group) is 1. The number of rotatable bonds is 6. The van der Waals surface area contributed by atoms with E-state index < -0.39 is 0 Å². The van der Waals surface area contributed by atoms with E-state index in [9.17, 15) is 4.79 Å². The van der Waals surface area contributed by atoms with Crippen molar-refractivity contribution in [3.8, 4) is 0 Å². The van der Waals surface area contributed by atoms with Gasteiger partial charge >= 0.3 is 0 Å². The number of hydrogen-bond acceptors (Lipinski definition) is 5. The van der Waals surface area contributed by atoms with E-state index in [4.69, 9.17) is 0 Å². The second-order valence-corrected chi connectivity index (χ2v) is 6.31. The first-order chi connectivity index (χ1) is 11.0. The number of aromatic nitrogens is 2. The maximum absolute atomic E-state index is 12.1. The monoisotopic (exact) mass is 377 g/mol. The van der Waals surface area contributed by atoms with Gasteiger partial charge in [-0.2, -0.15) is 0 Å². The van der Waals surface area contributed by atoms with Gasteiger partial charge in [-0.3, -0.25) is 4.79 Å². The standard InChI is InChI=1S/C16H20BrN5O/c1-11-4-5-13(12(17)8-11)21-15-9-14(19-10-20-15)16(23)18-6-7-22(2)3/h4-5,8-10H,6-7H2,1-3H3,(H,18,23)(H,19,20,21). The van der Waals surface area contributed by atoms with Crippen LogP contribution in [0.5, 0.6) is 0 Å². The molecule has 0 bridgehead atoms. The molecule has 0 saturated carbocycles.